The lowest BCUT2D eigenvalue weighted by atomic mass is 9.86. The summed E-state index contributed by atoms with van der Waals surface area (Å²) in [5.74, 6) is 0.505. The van der Waals surface area contributed by atoms with Crippen LogP contribution in [-0.4, -0.2) is 20.9 Å². The van der Waals surface area contributed by atoms with E-state index in [4.69, 9.17) is 0 Å². The highest BCUT2D eigenvalue weighted by molar-refractivity contribution is 7.13. The van der Waals surface area contributed by atoms with Crippen molar-refractivity contribution in [3.05, 3.63) is 60.1 Å². The Labute approximate surface area is 162 Å². The van der Waals surface area contributed by atoms with Crippen LogP contribution in [0.15, 0.2) is 54.6 Å². The molecule has 1 unspecified atom stereocenters. The van der Waals surface area contributed by atoms with Gasteiger partial charge in [-0.25, -0.2) is 15.0 Å². The van der Waals surface area contributed by atoms with Gasteiger partial charge in [0, 0.05) is 29.5 Å². The van der Waals surface area contributed by atoms with Crippen LogP contribution in [-0.2, 0) is 4.79 Å². The third kappa shape index (κ3) is 4.39. The number of hydrogen-bond acceptors (Lipinski definition) is 5. The van der Waals surface area contributed by atoms with E-state index in [9.17, 15) is 4.79 Å². The first kappa shape index (κ1) is 17.8. The molecule has 1 aliphatic carbocycles. The van der Waals surface area contributed by atoms with E-state index < -0.39 is 0 Å². The molecule has 1 aliphatic rings. The van der Waals surface area contributed by atoms with E-state index >= 15 is 0 Å². The van der Waals surface area contributed by atoms with Gasteiger partial charge >= 0.3 is 0 Å². The highest BCUT2D eigenvalue weighted by atomic mass is 32.1. The van der Waals surface area contributed by atoms with Gasteiger partial charge in [0.1, 0.15) is 6.33 Å². The van der Waals surface area contributed by atoms with Crippen molar-refractivity contribution < 1.29 is 4.79 Å². The number of hydrogen-bond donors (Lipinski definition) is 1. The molecule has 4 rings (SSSR count). The lowest BCUT2D eigenvalue weighted by Gasteiger charge is -2.20. The molecule has 138 valence electrons. The van der Waals surface area contributed by atoms with Crippen LogP contribution in [0.3, 0.4) is 0 Å². The van der Waals surface area contributed by atoms with Crippen molar-refractivity contribution in [2.45, 2.75) is 38.0 Å². The SMILES string of the molecule is O=C(Nc1nccs1)C(CC1CCCC1)c1ccc(-c2cncnc2)cc1. The van der Waals surface area contributed by atoms with Gasteiger partial charge in [-0.05, 0) is 23.5 Å². The number of nitrogens with zero attached hydrogens (tertiary/aromatic N) is 3. The zero-order chi connectivity index (χ0) is 18.5. The Morgan fingerprint density at radius 2 is 1.85 bits per heavy atom. The summed E-state index contributed by atoms with van der Waals surface area (Å²) in [6, 6.07) is 8.21. The summed E-state index contributed by atoms with van der Waals surface area (Å²) >= 11 is 1.45. The fourth-order valence-electron chi connectivity index (χ4n) is 3.81. The number of benzene rings is 1. The molecule has 0 spiro atoms. The van der Waals surface area contributed by atoms with Crippen LogP contribution in [0, 0.1) is 5.92 Å². The molecule has 1 amide bonds. The molecule has 27 heavy (non-hydrogen) atoms. The van der Waals surface area contributed by atoms with Gasteiger partial charge in [-0.1, -0.05) is 49.9 Å². The Morgan fingerprint density at radius 3 is 2.52 bits per heavy atom. The molecular formula is C21H22N4OS. The molecule has 6 heteroatoms. The Kier molecular flexibility index (Phi) is 5.53. The Balaban J connectivity index is 1.56. The van der Waals surface area contributed by atoms with E-state index in [1.54, 1.807) is 18.6 Å². The van der Waals surface area contributed by atoms with Crippen molar-refractivity contribution in [3.8, 4) is 11.1 Å². The van der Waals surface area contributed by atoms with E-state index in [1.807, 2.05) is 17.5 Å². The molecule has 1 fully saturated rings. The second kappa shape index (κ2) is 8.39. The molecule has 1 aromatic carbocycles. The molecule has 0 bridgehead atoms. The zero-order valence-corrected chi connectivity index (χ0v) is 15.9. The van der Waals surface area contributed by atoms with Crippen molar-refractivity contribution in [2.24, 2.45) is 5.92 Å². The number of nitrogens with one attached hydrogen (secondary N) is 1. The first-order valence-electron chi connectivity index (χ1n) is 9.35. The molecule has 3 aromatic rings. The molecule has 1 atom stereocenters. The van der Waals surface area contributed by atoms with E-state index in [2.05, 4.69) is 32.4 Å². The average molecular weight is 379 g/mol. The van der Waals surface area contributed by atoms with E-state index in [1.165, 1.54) is 43.3 Å². The average Bonchev–Trinajstić information content (AvgIpc) is 3.41. The van der Waals surface area contributed by atoms with Gasteiger partial charge in [0.25, 0.3) is 0 Å². The molecule has 1 N–H and O–H groups in total. The Bertz CT molecular complexity index is 859. The van der Waals surface area contributed by atoms with Crippen LogP contribution in [0.25, 0.3) is 11.1 Å². The Morgan fingerprint density at radius 1 is 1.11 bits per heavy atom. The molecule has 1 saturated carbocycles. The maximum atomic E-state index is 13.0. The number of aromatic nitrogens is 3. The predicted octanol–water partition coefficient (Wildman–Crippen LogP) is 4.90. The number of carbonyl (C=O) groups is 1. The standard InChI is InChI=1S/C21H22N4OS/c26-20(25-21-24-9-10-27-21)19(11-15-3-1-2-4-15)17-7-5-16(6-8-17)18-12-22-14-23-13-18/h5-10,12-15,19H,1-4,11H2,(H,24,25,26). The number of amides is 1. The van der Waals surface area contributed by atoms with Crippen molar-refractivity contribution in [1.29, 1.82) is 0 Å². The second-order valence-electron chi connectivity index (χ2n) is 7.01. The third-order valence-electron chi connectivity index (χ3n) is 5.23. The largest absolute Gasteiger partial charge is 0.301 e. The third-order valence-corrected chi connectivity index (χ3v) is 5.92. The summed E-state index contributed by atoms with van der Waals surface area (Å²) in [5.41, 5.74) is 3.08. The molecule has 0 aliphatic heterocycles. The van der Waals surface area contributed by atoms with Crippen molar-refractivity contribution in [1.82, 2.24) is 15.0 Å². The summed E-state index contributed by atoms with van der Waals surface area (Å²) in [4.78, 5) is 25.3. The van der Waals surface area contributed by atoms with Gasteiger partial charge in [0.05, 0.1) is 5.92 Å². The minimum atomic E-state index is -0.155. The molecule has 2 aromatic heterocycles. The fourth-order valence-corrected chi connectivity index (χ4v) is 4.34. The maximum absolute atomic E-state index is 13.0. The zero-order valence-electron chi connectivity index (χ0n) is 15.0. The number of anilines is 1. The summed E-state index contributed by atoms with van der Waals surface area (Å²) in [6.07, 6.45) is 12.7. The van der Waals surface area contributed by atoms with Crippen molar-refractivity contribution in [3.63, 3.8) is 0 Å². The van der Waals surface area contributed by atoms with Crippen LogP contribution in [0.1, 0.15) is 43.6 Å². The second-order valence-corrected chi connectivity index (χ2v) is 7.91. The maximum Gasteiger partial charge on any atom is 0.233 e. The molecule has 0 radical (unpaired) electrons. The first-order valence-corrected chi connectivity index (χ1v) is 10.2. The van der Waals surface area contributed by atoms with Crippen LogP contribution < -0.4 is 5.32 Å². The smallest absolute Gasteiger partial charge is 0.233 e. The van der Waals surface area contributed by atoms with E-state index in [-0.39, 0.29) is 11.8 Å². The Hall–Kier alpha value is -2.60. The van der Waals surface area contributed by atoms with Crippen molar-refractivity contribution >= 4 is 22.4 Å². The van der Waals surface area contributed by atoms with Gasteiger partial charge in [0.15, 0.2) is 5.13 Å². The summed E-state index contributed by atoms with van der Waals surface area (Å²) in [6.45, 7) is 0. The van der Waals surface area contributed by atoms with Crippen LogP contribution in [0.2, 0.25) is 0 Å². The predicted molar refractivity (Wildman–Crippen MR) is 108 cm³/mol. The normalized spacial score (nSPS) is 15.6. The molecule has 2 heterocycles. The number of rotatable bonds is 6. The molecule has 5 nitrogen and oxygen atoms in total. The molecule has 0 saturated heterocycles. The van der Waals surface area contributed by atoms with E-state index in [0.29, 0.717) is 11.0 Å². The number of thiazole rings is 1. The van der Waals surface area contributed by atoms with E-state index in [0.717, 1.165) is 23.1 Å². The highest BCUT2D eigenvalue weighted by Gasteiger charge is 2.27. The quantitative estimate of drug-likeness (QED) is 0.662. The number of carbonyl (C=O) groups excluding carboxylic acids is 1. The first-order chi connectivity index (χ1) is 13.3. The van der Waals surface area contributed by atoms with Gasteiger partial charge < -0.3 is 5.32 Å². The summed E-state index contributed by atoms with van der Waals surface area (Å²) in [7, 11) is 0. The molecular weight excluding hydrogens is 356 g/mol. The van der Waals surface area contributed by atoms with Crippen LogP contribution in [0.4, 0.5) is 5.13 Å². The minimum absolute atomic E-state index is 0.0349. The van der Waals surface area contributed by atoms with Crippen LogP contribution >= 0.6 is 11.3 Å². The van der Waals surface area contributed by atoms with Gasteiger partial charge in [-0.3, -0.25) is 4.79 Å². The topological polar surface area (TPSA) is 67.8 Å². The van der Waals surface area contributed by atoms with Gasteiger partial charge in [-0.2, -0.15) is 0 Å². The van der Waals surface area contributed by atoms with Crippen LogP contribution in [0.5, 0.6) is 0 Å². The monoisotopic (exact) mass is 378 g/mol. The summed E-state index contributed by atoms with van der Waals surface area (Å²) in [5, 5.41) is 5.52. The van der Waals surface area contributed by atoms with Gasteiger partial charge in [0.2, 0.25) is 5.91 Å². The van der Waals surface area contributed by atoms with Gasteiger partial charge in [-0.15, -0.1) is 11.3 Å². The fraction of sp³-hybridized carbons (Fsp3) is 0.333. The highest BCUT2D eigenvalue weighted by Crippen LogP contribution is 2.35. The van der Waals surface area contributed by atoms with Crippen molar-refractivity contribution in [2.75, 3.05) is 5.32 Å². The minimum Gasteiger partial charge on any atom is -0.301 e. The lowest BCUT2D eigenvalue weighted by molar-refractivity contribution is -0.118. The lowest BCUT2D eigenvalue weighted by Crippen LogP contribution is -2.23. The summed E-state index contributed by atoms with van der Waals surface area (Å²) < 4.78 is 0.